The zero-order valence-corrected chi connectivity index (χ0v) is 11.4. The Hall–Kier alpha value is -1.24. The summed E-state index contributed by atoms with van der Waals surface area (Å²) in [7, 11) is 0. The molecule has 0 heterocycles. The highest BCUT2D eigenvalue weighted by Gasteiger charge is 2.39. The molecule has 0 atom stereocenters. The van der Waals surface area contributed by atoms with Crippen LogP contribution < -0.4 is 0 Å². The molecule has 0 spiro atoms. The van der Waals surface area contributed by atoms with Crippen LogP contribution in [0.3, 0.4) is 0 Å². The van der Waals surface area contributed by atoms with Crippen molar-refractivity contribution in [3.05, 3.63) is 34.9 Å². The fraction of sp³-hybridized carbons (Fsp3) is 0.462. The summed E-state index contributed by atoms with van der Waals surface area (Å²) in [5.41, 5.74) is -3.74. The minimum Gasteiger partial charge on any atom is -0.294 e. The molecule has 8 heteroatoms. The lowest BCUT2D eigenvalue weighted by Gasteiger charge is -2.15. The number of alkyl halides is 7. The van der Waals surface area contributed by atoms with Crippen molar-refractivity contribution in [1.29, 1.82) is 0 Å². The number of halogens is 7. The van der Waals surface area contributed by atoms with Crippen LogP contribution in [0.5, 0.6) is 0 Å². The van der Waals surface area contributed by atoms with Crippen molar-refractivity contribution >= 4 is 17.4 Å². The summed E-state index contributed by atoms with van der Waals surface area (Å²) in [6.07, 6.45) is -9.41. The lowest BCUT2D eigenvalue weighted by Crippen LogP contribution is -2.16. The molecule has 118 valence electrons. The predicted molar refractivity (Wildman–Crippen MR) is 65.3 cm³/mol. The maximum absolute atomic E-state index is 12.8. The van der Waals surface area contributed by atoms with E-state index in [9.17, 15) is 31.1 Å². The minimum atomic E-state index is -5.03. The number of hydrogen-bond acceptors (Lipinski definition) is 1. The molecule has 0 bridgehead atoms. The van der Waals surface area contributed by atoms with Gasteiger partial charge in [0.15, 0.2) is 5.78 Å². The maximum atomic E-state index is 12.8. The topological polar surface area (TPSA) is 17.1 Å². The number of carbonyl (C=O) groups is 1. The Morgan fingerprint density at radius 3 is 2.10 bits per heavy atom. The van der Waals surface area contributed by atoms with Gasteiger partial charge in [-0.1, -0.05) is 6.07 Å². The van der Waals surface area contributed by atoms with E-state index in [1.165, 1.54) is 0 Å². The molecule has 0 aromatic heterocycles. The van der Waals surface area contributed by atoms with Crippen LogP contribution >= 0.6 is 11.6 Å². The molecule has 1 nitrogen and oxygen atoms in total. The van der Waals surface area contributed by atoms with Crippen molar-refractivity contribution < 1.29 is 31.1 Å². The average molecular weight is 333 g/mol. The second-order valence-electron chi connectivity index (χ2n) is 4.33. The molecule has 0 aliphatic carbocycles. The Morgan fingerprint density at radius 2 is 1.62 bits per heavy atom. The molecular weight excluding hydrogens is 322 g/mol. The molecule has 21 heavy (non-hydrogen) atoms. The zero-order chi connectivity index (χ0) is 16.3. The SMILES string of the molecule is O=C(CCCCCl)c1ccc(C(F)(F)F)cc1C(F)(F)F. The van der Waals surface area contributed by atoms with Gasteiger partial charge in [0.2, 0.25) is 0 Å². The van der Waals surface area contributed by atoms with Gasteiger partial charge in [-0.25, -0.2) is 0 Å². The molecule has 0 N–H and O–H groups in total. The molecule has 1 aromatic carbocycles. The van der Waals surface area contributed by atoms with E-state index in [1.807, 2.05) is 0 Å². The van der Waals surface area contributed by atoms with Gasteiger partial charge in [0.25, 0.3) is 0 Å². The van der Waals surface area contributed by atoms with Crippen LogP contribution in [0, 0.1) is 0 Å². The van der Waals surface area contributed by atoms with Gasteiger partial charge in [-0.2, -0.15) is 26.3 Å². The van der Waals surface area contributed by atoms with Crippen molar-refractivity contribution in [3.63, 3.8) is 0 Å². The highest BCUT2D eigenvalue weighted by atomic mass is 35.5. The molecule has 0 saturated heterocycles. The van der Waals surface area contributed by atoms with E-state index in [2.05, 4.69) is 0 Å². The lowest BCUT2D eigenvalue weighted by atomic mass is 9.97. The van der Waals surface area contributed by atoms with E-state index in [0.717, 1.165) is 0 Å². The zero-order valence-electron chi connectivity index (χ0n) is 10.6. The van der Waals surface area contributed by atoms with E-state index in [4.69, 9.17) is 11.6 Å². The third-order valence-electron chi connectivity index (χ3n) is 2.74. The first kappa shape index (κ1) is 17.8. The van der Waals surface area contributed by atoms with Gasteiger partial charge in [-0.15, -0.1) is 11.6 Å². The van der Waals surface area contributed by atoms with Crippen LogP contribution in [0.1, 0.15) is 40.7 Å². The first-order chi connectivity index (χ1) is 9.57. The molecule has 0 aliphatic rings. The smallest absolute Gasteiger partial charge is 0.294 e. The quantitative estimate of drug-likeness (QED) is 0.309. The molecule has 0 amide bonds. The summed E-state index contributed by atoms with van der Waals surface area (Å²) < 4.78 is 75.9. The molecule has 0 fully saturated rings. The summed E-state index contributed by atoms with van der Waals surface area (Å²) in [6.45, 7) is 0. The fourth-order valence-corrected chi connectivity index (χ4v) is 1.90. The molecule has 0 radical (unpaired) electrons. The van der Waals surface area contributed by atoms with E-state index in [1.54, 1.807) is 0 Å². The highest BCUT2D eigenvalue weighted by Crippen LogP contribution is 2.37. The van der Waals surface area contributed by atoms with Gasteiger partial charge in [0.05, 0.1) is 11.1 Å². The monoisotopic (exact) mass is 332 g/mol. The standard InChI is InChI=1S/C13H11ClF6O/c14-6-2-1-3-11(21)9-5-4-8(12(15,16)17)7-10(9)13(18,19)20/h4-5,7H,1-3,6H2. The van der Waals surface area contributed by atoms with Crippen LogP contribution in [-0.2, 0) is 12.4 Å². The highest BCUT2D eigenvalue weighted by molar-refractivity contribution is 6.17. The normalized spacial score (nSPS) is 12.5. The number of hydrogen-bond donors (Lipinski definition) is 0. The Kier molecular flexibility index (Phi) is 5.67. The van der Waals surface area contributed by atoms with Crippen molar-refractivity contribution in [1.82, 2.24) is 0 Å². The summed E-state index contributed by atoms with van der Waals surface area (Å²) in [6, 6.07) is 1.02. The van der Waals surface area contributed by atoms with Crippen LogP contribution in [0.25, 0.3) is 0 Å². The van der Waals surface area contributed by atoms with Gasteiger partial charge in [-0.3, -0.25) is 4.79 Å². The summed E-state index contributed by atoms with van der Waals surface area (Å²) in [5, 5.41) is 0. The second kappa shape index (κ2) is 6.68. The predicted octanol–water partition coefficient (Wildman–Crippen LogP) is 5.32. The number of unbranched alkanes of at least 4 members (excludes halogenated alkanes) is 1. The summed E-state index contributed by atoms with van der Waals surface area (Å²) >= 11 is 5.39. The maximum Gasteiger partial charge on any atom is 0.417 e. The Balaban J connectivity index is 3.17. The van der Waals surface area contributed by atoms with Crippen molar-refractivity contribution in [3.8, 4) is 0 Å². The van der Waals surface area contributed by atoms with E-state index < -0.39 is 34.8 Å². The van der Waals surface area contributed by atoms with Gasteiger partial charge in [0.1, 0.15) is 0 Å². The number of benzene rings is 1. The second-order valence-corrected chi connectivity index (χ2v) is 4.70. The van der Waals surface area contributed by atoms with E-state index in [0.29, 0.717) is 18.6 Å². The van der Waals surface area contributed by atoms with Gasteiger partial charge in [-0.05, 0) is 25.0 Å². The largest absolute Gasteiger partial charge is 0.417 e. The Labute approximate surface area is 121 Å². The van der Waals surface area contributed by atoms with Crippen LogP contribution in [0.4, 0.5) is 26.3 Å². The van der Waals surface area contributed by atoms with Crippen molar-refractivity contribution in [2.75, 3.05) is 5.88 Å². The van der Waals surface area contributed by atoms with Gasteiger partial charge in [0, 0.05) is 17.9 Å². The van der Waals surface area contributed by atoms with Gasteiger partial charge < -0.3 is 0 Å². The molecule has 1 aromatic rings. The number of Topliss-reactive ketones (excluding diaryl/α,β-unsaturated/α-hetero) is 1. The first-order valence-corrected chi connectivity index (χ1v) is 6.48. The van der Waals surface area contributed by atoms with Crippen LogP contribution in [0.15, 0.2) is 18.2 Å². The minimum absolute atomic E-state index is 0.0330. The lowest BCUT2D eigenvalue weighted by molar-refractivity contribution is -0.143. The number of rotatable bonds is 5. The molecule has 0 unspecified atom stereocenters. The van der Waals surface area contributed by atoms with Gasteiger partial charge >= 0.3 is 12.4 Å². The Morgan fingerprint density at radius 1 is 1.00 bits per heavy atom. The fourth-order valence-electron chi connectivity index (χ4n) is 1.71. The molecule has 0 saturated carbocycles. The summed E-state index contributed by atoms with van der Waals surface area (Å²) in [5.74, 6) is -0.590. The van der Waals surface area contributed by atoms with E-state index >= 15 is 0 Å². The molecule has 0 aliphatic heterocycles. The van der Waals surface area contributed by atoms with Crippen molar-refractivity contribution in [2.24, 2.45) is 0 Å². The molecule has 1 rings (SSSR count). The van der Waals surface area contributed by atoms with E-state index in [-0.39, 0.29) is 24.8 Å². The third-order valence-corrected chi connectivity index (χ3v) is 3.01. The average Bonchev–Trinajstić information content (AvgIpc) is 2.36. The molecular formula is C13H11ClF6O. The van der Waals surface area contributed by atoms with Crippen LogP contribution in [0.2, 0.25) is 0 Å². The summed E-state index contributed by atoms with van der Waals surface area (Å²) in [4.78, 5) is 11.7. The third kappa shape index (κ3) is 4.91. The number of ketones is 1. The first-order valence-electron chi connectivity index (χ1n) is 5.95. The Bertz CT molecular complexity index is 506. The van der Waals surface area contributed by atoms with Crippen molar-refractivity contribution in [2.45, 2.75) is 31.6 Å². The number of carbonyl (C=O) groups excluding carboxylic acids is 1. The van der Waals surface area contributed by atoms with Crippen LogP contribution in [-0.4, -0.2) is 11.7 Å².